The van der Waals surface area contributed by atoms with Gasteiger partial charge in [0.25, 0.3) is 0 Å². The minimum absolute atomic E-state index is 0.212. The second-order valence-corrected chi connectivity index (χ2v) is 7.04. The Labute approximate surface area is 140 Å². The summed E-state index contributed by atoms with van der Waals surface area (Å²) in [6.45, 7) is 6.35. The fourth-order valence-electron chi connectivity index (χ4n) is 2.08. The van der Waals surface area contributed by atoms with Crippen LogP contribution in [0.4, 0.5) is 5.69 Å². The van der Waals surface area contributed by atoms with Gasteiger partial charge in [-0.1, -0.05) is 37.6 Å². The van der Waals surface area contributed by atoms with Crippen LogP contribution in [0.3, 0.4) is 0 Å². The van der Waals surface area contributed by atoms with Gasteiger partial charge in [-0.25, -0.2) is 0 Å². The van der Waals surface area contributed by atoms with E-state index < -0.39 is 0 Å². The summed E-state index contributed by atoms with van der Waals surface area (Å²) in [7, 11) is 0. The van der Waals surface area contributed by atoms with E-state index in [0.717, 1.165) is 16.3 Å². The van der Waals surface area contributed by atoms with Crippen LogP contribution in [-0.2, 0) is 0 Å². The molecule has 1 heterocycles. The van der Waals surface area contributed by atoms with Crippen LogP contribution < -0.4 is 10.6 Å². The summed E-state index contributed by atoms with van der Waals surface area (Å²) in [5, 5.41) is 10.1. The quantitative estimate of drug-likeness (QED) is 0.730. The molecule has 0 aliphatic rings. The van der Waals surface area contributed by atoms with Crippen LogP contribution in [0.5, 0.6) is 0 Å². The molecule has 2 aromatic rings. The molecule has 0 aliphatic carbocycles. The average molecular weight is 339 g/mol. The lowest BCUT2D eigenvalue weighted by molar-refractivity contribution is 0.480. The van der Waals surface area contributed by atoms with E-state index in [9.17, 15) is 0 Å². The molecule has 0 saturated heterocycles. The average Bonchev–Trinajstić information content (AvgIpc) is 2.95. The number of benzene rings is 1. The third-order valence-electron chi connectivity index (χ3n) is 3.32. The molecule has 0 unspecified atom stereocenters. The van der Waals surface area contributed by atoms with Crippen LogP contribution in [0.25, 0.3) is 0 Å². The number of halogens is 1. The van der Waals surface area contributed by atoms with Gasteiger partial charge in [-0.05, 0) is 54.2 Å². The molecule has 0 fully saturated rings. The summed E-state index contributed by atoms with van der Waals surface area (Å²) in [4.78, 5) is 1.29. The summed E-state index contributed by atoms with van der Waals surface area (Å²) in [5.41, 5.74) is 1.94. The predicted octanol–water partition coefficient (Wildman–Crippen LogP) is 5.39. The zero-order valence-corrected chi connectivity index (χ0v) is 14.7. The standard InChI is InChI=1S/C16H19ClN2S2/c1-10(2)15(14-8-5-9-21-14)19-16(20)18-13-7-4-6-12(17)11(13)3/h4-10,15H,1-3H3,(H2,18,19,20)/t15-/m1/s1. The maximum atomic E-state index is 6.13. The largest absolute Gasteiger partial charge is 0.355 e. The van der Waals surface area contributed by atoms with Gasteiger partial charge in [0, 0.05) is 15.6 Å². The lowest BCUT2D eigenvalue weighted by Crippen LogP contribution is -2.34. The Morgan fingerprint density at radius 2 is 2.00 bits per heavy atom. The molecule has 0 aliphatic heterocycles. The van der Waals surface area contributed by atoms with Gasteiger partial charge in [0.1, 0.15) is 0 Å². The number of hydrogen-bond donors (Lipinski definition) is 2. The second-order valence-electron chi connectivity index (χ2n) is 5.25. The first-order chi connectivity index (χ1) is 9.99. The lowest BCUT2D eigenvalue weighted by Gasteiger charge is -2.23. The molecule has 1 aromatic heterocycles. The number of thiocarbonyl (C=S) groups is 1. The number of nitrogens with one attached hydrogen (secondary N) is 2. The van der Waals surface area contributed by atoms with E-state index in [1.165, 1.54) is 4.88 Å². The Bertz CT molecular complexity index is 609. The molecular weight excluding hydrogens is 320 g/mol. The van der Waals surface area contributed by atoms with Gasteiger partial charge in [-0.15, -0.1) is 11.3 Å². The van der Waals surface area contributed by atoms with E-state index in [1.807, 2.05) is 25.1 Å². The third kappa shape index (κ3) is 4.19. The van der Waals surface area contributed by atoms with Crippen LogP contribution in [0.2, 0.25) is 5.02 Å². The molecule has 5 heteroatoms. The van der Waals surface area contributed by atoms with Gasteiger partial charge in [0.15, 0.2) is 5.11 Å². The summed E-state index contributed by atoms with van der Waals surface area (Å²) in [6.07, 6.45) is 0. The van der Waals surface area contributed by atoms with Crippen molar-refractivity contribution in [1.82, 2.24) is 5.32 Å². The zero-order chi connectivity index (χ0) is 15.4. The first-order valence-electron chi connectivity index (χ1n) is 6.85. The molecule has 0 bridgehead atoms. The van der Waals surface area contributed by atoms with Gasteiger partial charge in [0.05, 0.1) is 6.04 Å². The maximum absolute atomic E-state index is 6.13. The molecule has 0 amide bonds. The molecular formula is C16H19ClN2S2. The molecule has 2 nitrogen and oxygen atoms in total. The minimum Gasteiger partial charge on any atom is -0.355 e. The summed E-state index contributed by atoms with van der Waals surface area (Å²) in [6, 6.07) is 10.2. The Morgan fingerprint density at radius 1 is 1.24 bits per heavy atom. The van der Waals surface area contributed by atoms with Crippen LogP contribution in [0.1, 0.15) is 30.3 Å². The lowest BCUT2D eigenvalue weighted by atomic mass is 10.0. The molecule has 0 spiro atoms. The smallest absolute Gasteiger partial charge is 0.171 e. The summed E-state index contributed by atoms with van der Waals surface area (Å²) >= 11 is 13.3. The molecule has 21 heavy (non-hydrogen) atoms. The van der Waals surface area contributed by atoms with Gasteiger partial charge in [0.2, 0.25) is 0 Å². The Hall–Kier alpha value is -1.10. The van der Waals surface area contributed by atoms with E-state index in [4.69, 9.17) is 23.8 Å². The van der Waals surface area contributed by atoms with Crippen LogP contribution in [0.15, 0.2) is 35.7 Å². The van der Waals surface area contributed by atoms with Crippen molar-refractivity contribution < 1.29 is 0 Å². The molecule has 112 valence electrons. The van der Waals surface area contributed by atoms with Crippen LogP contribution >= 0.6 is 35.2 Å². The topological polar surface area (TPSA) is 24.1 Å². The van der Waals surface area contributed by atoms with E-state index in [1.54, 1.807) is 11.3 Å². The molecule has 0 radical (unpaired) electrons. The van der Waals surface area contributed by atoms with Gasteiger partial charge in [-0.2, -0.15) is 0 Å². The van der Waals surface area contributed by atoms with Crippen molar-refractivity contribution >= 4 is 46.0 Å². The van der Waals surface area contributed by atoms with E-state index >= 15 is 0 Å². The summed E-state index contributed by atoms with van der Waals surface area (Å²) < 4.78 is 0. The van der Waals surface area contributed by atoms with Crippen molar-refractivity contribution in [3.8, 4) is 0 Å². The number of thiophene rings is 1. The fourth-order valence-corrected chi connectivity index (χ4v) is 3.44. The Kier molecular flexibility index (Phi) is 5.62. The highest BCUT2D eigenvalue weighted by molar-refractivity contribution is 7.80. The van der Waals surface area contributed by atoms with Crippen LogP contribution in [0, 0.1) is 12.8 Å². The van der Waals surface area contributed by atoms with E-state index in [-0.39, 0.29) is 6.04 Å². The van der Waals surface area contributed by atoms with Gasteiger partial charge in [-0.3, -0.25) is 0 Å². The first-order valence-corrected chi connectivity index (χ1v) is 8.51. The Balaban J connectivity index is 2.08. The Morgan fingerprint density at radius 3 is 2.62 bits per heavy atom. The third-order valence-corrected chi connectivity index (χ3v) is 4.90. The number of anilines is 1. The van der Waals surface area contributed by atoms with Crippen molar-refractivity contribution in [2.75, 3.05) is 5.32 Å². The molecule has 0 saturated carbocycles. The van der Waals surface area contributed by atoms with Crippen molar-refractivity contribution in [3.05, 3.63) is 51.2 Å². The second kappa shape index (κ2) is 7.25. The van der Waals surface area contributed by atoms with Crippen molar-refractivity contribution in [1.29, 1.82) is 0 Å². The maximum Gasteiger partial charge on any atom is 0.171 e. The van der Waals surface area contributed by atoms with E-state index in [2.05, 4.69) is 42.0 Å². The minimum atomic E-state index is 0.212. The van der Waals surface area contributed by atoms with Crippen molar-refractivity contribution in [3.63, 3.8) is 0 Å². The normalized spacial score (nSPS) is 12.2. The highest BCUT2D eigenvalue weighted by Crippen LogP contribution is 2.27. The molecule has 1 atom stereocenters. The van der Waals surface area contributed by atoms with Gasteiger partial charge >= 0.3 is 0 Å². The molecule has 2 N–H and O–H groups in total. The summed E-state index contributed by atoms with van der Waals surface area (Å²) in [5.74, 6) is 0.448. The van der Waals surface area contributed by atoms with Gasteiger partial charge < -0.3 is 10.6 Å². The van der Waals surface area contributed by atoms with Crippen LogP contribution in [-0.4, -0.2) is 5.11 Å². The fraction of sp³-hybridized carbons (Fsp3) is 0.312. The highest BCUT2D eigenvalue weighted by Gasteiger charge is 2.18. The molecule has 1 aromatic carbocycles. The monoisotopic (exact) mass is 338 g/mol. The van der Waals surface area contributed by atoms with E-state index in [0.29, 0.717) is 11.0 Å². The highest BCUT2D eigenvalue weighted by atomic mass is 35.5. The molecule has 2 rings (SSSR count). The zero-order valence-electron chi connectivity index (χ0n) is 12.3. The van der Waals surface area contributed by atoms with Crippen molar-refractivity contribution in [2.45, 2.75) is 26.8 Å². The van der Waals surface area contributed by atoms with Crippen molar-refractivity contribution in [2.24, 2.45) is 5.92 Å². The first kappa shape index (κ1) is 16.3. The SMILES string of the molecule is Cc1c(Cl)cccc1NC(=S)N[C@@H](c1cccs1)C(C)C. The predicted molar refractivity (Wildman–Crippen MR) is 97.4 cm³/mol. The number of hydrogen-bond acceptors (Lipinski definition) is 2. The number of rotatable bonds is 4.